The second-order valence-electron chi connectivity index (χ2n) is 4.97. The maximum Gasteiger partial charge on any atom is 0.138 e. The summed E-state index contributed by atoms with van der Waals surface area (Å²) in [6.45, 7) is 2.60. The van der Waals surface area contributed by atoms with E-state index in [2.05, 4.69) is 0 Å². The first-order valence-corrected chi connectivity index (χ1v) is 7.04. The number of carbonyl (C=O) groups excluding carboxylic acids is 1. The van der Waals surface area contributed by atoms with E-state index in [9.17, 15) is 4.79 Å². The van der Waals surface area contributed by atoms with Crippen molar-refractivity contribution in [3.63, 3.8) is 0 Å². The molecule has 2 atom stereocenters. The number of ether oxygens (including phenoxy) is 2. The maximum absolute atomic E-state index is 12.1. The number of methoxy groups -OCH3 is 1. The number of hydrogen-bond donors (Lipinski definition) is 0. The smallest absolute Gasteiger partial charge is 0.138 e. The number of benzene rings is 1. The van der Waals surface area contributed by atoms with Crippen LogP contribution in [-0.4, -0.2) is 19.5 Å². The van der Waals surface area contributed by atoms with Gasteiger partial charge in [-0.1, -0.05) is 18.6 Å². The van der Waals surface area contributed by atoms with Crippen LogP contribution in [0.2, 0.25) is 0 Å². The molecule has 1 saturated carbocycles. The van der Waals surface area contributed by atoms with Gasteiger partial charge in [0.25, 0.3) is 0 Å². The Bertz CT molecular complexity index is 411. The molecule has 1 aliphatic carbocycles. The summed E-state index contributed by atoms with van der Waals surface area (Å²) in [5.41, 5.74) is 1.07. The van der Waals surface area contributed by atoms with Crippen LogP contribution in [0.25, 0.3) is 0 Å². The van der Waals surface area contributed by atoms with E-state index in [1.807, 2.05) is 31.2 Å². The van der Waals surface area contributed by atoms with Crippen LogP contribution in [0.5, 0.6) is 5.75 Å². The highest BCUT2D eigenvalue weighted by molar-refractivity contribution is 5.82. The van der Waals surface area contributed by atoms with Crippen molar-refractivity contribution in [2.24, 2.45) is 5.92 Å². The van der Waals surface area contributed by atoms with Crippen molar-refractivity contribution in [2.45, 2.75) is 38.7 Å². The minimum absolute atomic E-state index is 0.0158. The van der Waals surface area contributed by atoms with Gasteiger partial charge in [0.15, 0.2) is 0 Å². The molecular weight excluding hydrogens is 240 g/mol. The Morgan fingerprint density at radius 1 is 1.26 bits per heavy atom. The topological polar surface area (TPSA) is 35.5 Å². The van der Waals surface area contributed by atoms with Gasteiger partial charge in [-0.2, -0.15) is 0 Å². The first kappa shape index (κ1) is 14.1. The third kappa shape index (κ3) is 3.35. The standard InChI is InChI=1S/C16H22O3/c1-3-19-16(14-6-4-5-7-15(14)17)12-8-10-13(18-2)11-9-12/h8-11,14,16H,3-7H2,1-2H3. The molecule has 0 N–H and O–H groups in total. The highest BCUT2D eigenvalue weighted by Crippen LogP contribution is 2.35. The number of Topliss-reactive ketones (excluding diaryl/α,β-unsaturated/α-hetero) is 1. The summed E-state index contributed by atoms with van der Waals surface area (Å²) in [5, 5.41) is 0. The fraction of sp³-hybridized carbons (Fsp3) is 0.562. The molecule has 19 heavy (non-hydrogen) atoms. The van der Waals surface area contributed by atoms with Crippen LogP contribution in [0, 0.1) is 5.92 Å². The highest BCUT2D eigenvalue weighted by atomic mass is 16.5. The van der Waals surface area contributed by atoms with E-state index in [1.165, 1.54) is 0 Å². The van der Waals surface area contributed by atoms with Crippen molar-refractivity contribution in [3.8, 4) is 5.75 Å². The molecule has 0 aromatic heterocycles. The Hall–Kier alpha value is -1.35. The van der Waals surface area contributed by atoms with Gasteiger partial charge in [0.05, 0.1) is 13.2 Å². The van der Waals surface area contributed by atoms with Crippen molar-refractivity contribution in [3.05, 3.63) is 29.8 Å². The van der Waals surface area contributed by atoms with Crippen LogP contribution < -0.4 is 4.74 Å². The molecule has 3 nitrogen and oxygen atoms in total. The first-order chi connectivity index (χ1) is 9.26. The number of carbonyl (C=O) groups is 1. The SMILES string of the molecule is CCOC(c1ccc(OC)cc1)C1CCCCC1=O. The van der Waals surface area contributed by atoms with Gasteiger partial charge in [0.1, 0.15) is 11.5 Å². The van der Waals surface area contributed by atoms with Gasteiger partial charge in [-0.3, -0.25) is 4.79 Å². The maximum atomic E-state index is 12.1. The lowest BCUT2D eigenvalue weighted by atomic mass is 9.81. The van der Waals surface area contributed by atoms with Gasteiger partial charge in [-0.15, -0.1) is 0 Å². The van der Waals surface area contributed by atoms with Crippen LogP contribution in [-0.2, 0) is 9.53 Å². The molecule has 104 valence electrons. The van der Waals surface area contributed by atoms with Gasteiger partial charge in [-0.05, 0) is 37.5 Å². The quantitative estimate of drug-likeness (QED) is 0.814. The Balaban J connectivity index is 2.19. The van der Waals surface area contributed by atoms with Gasteiger partial charge in [0, 0.05) is 18.9 Å². The van der Waals surface area contributed by atoms with Crippen molar-refractivity contribution in [1.29, 1.82) is 0 Å². The van der Waals surface area contributed by atoms with Crippen LogP contribution in [0.3, 0.4) is 0 Å². The van der Waals surface area contributed by atoms with Crippen molar-refractivity contribution < 1.29 is 14.3 Å². The molecule has 3 heteroatoms. The first-order valence-electron chi connectivity index (χ1n) is 7.04. The van der Waals surface area contributed by atoms with Crippen molar-refractivity contribution in [1.82, 2.24) is 0 Å². The van der Waals surface area contributed by atoms with Gasteiger partial charge in [-0.25, -0.2) is 0 Å². The molecule has 2 unspecified atom stereocenters. The second-order valence-corrected chi connectivity index (χ2v) is 4.97. The number of rotatable bonds is 5. The molecule has 1 fully saturated rings. The summed E-state index contributed by atoms with van der Waals surface area (Å²) >= 11 is 0. The van der Waals surface area contributed by atoms with Crippen LogP contribution >= 0.6 is 0 Å². The summed E-state index contributed by atoms with van der Waals surface area (Å²) in [7, 11) is 1.65. The lowest BCUT2D eigenvalue weighted by Gasteiger charge is -2.29. The molecule has 0 amide bonds. The zero-order valence-electron chi connectivity index (χ0n) is 11.7. The summed E-state index contributed by atoms with van der Waals surface area (Å²) in [6.07, 6.45) is 3.68. The molecule has 1 aromatic carbocycles. The zero-order valence-corrected chi connectivity index (χ0v) is 11.7. The van der Waals surface area contributed by atoms with Crippen molar-refractivity contribution >= 4 is 5.78 Å². The van der Waals surface area contributed by atoms with E-state index >= 15 is 0 Å². The third-order valence-corrected chi connectivity index (χ3v) is 3.76. The summed E-state index contributed by atoms with van der Waals surface area (Å²) < 4.78 is 11.0. The molecule has 0 spiro atoms. The normalized spacial score (nSPS) is 21.2. The van der Waals surface area contributed by atoms with Crippen LogP contribution in [0.1, 0.15) is 44.3 Å². The van der Waals surface area contributed by atoms with Gasteiger partial charge in [0.2, 0.25) is 0 Å². The van der Waals surface area contributed by atoms with Crippen molar-refractivity contribution in [2.75, 3.05) is 13.7 Å². The van der Waals surface area contributed by atoms with Gasteiger partial charge < -0.3 is 9.47 Å². The second kappa shape index (κ2) is 6.71. The summed E-state index contributed by atoms with van der Waals surface area (Å²) in [4.78, 5) is 12.1. The zero-order chi connectivity index (χ0) is 13.7. The average Bonchev–Trinajstić information content (AvgIpc) is 2.46. The Kier molecular flexibility index (Phi) is 4.97. The van der Waals surface area contributed by atoms with Crippen LogP contribution in [0.15, 0.2) is 24.3 Å². The molecule has 0 saturated heterocycles. The molecule has 0 heterocycles. The van der Waals surface area contributed by atoms with E-state index in [4.69, 9.17) is 9.47 Å². The minimum Gasteiger partial charge on any atom is -0.497 e. The summed E-state index contributed by atoms with van der Waals surface area (Å²) in [6, 6.07) is 7.85. The van der Waals surface area contributed by atoms with Gasteiger partial charge >= 0.3 is 0 Å². The molecule has 0 radical (unpaired) electrons. The molecular formula is C16H22O3. The Labute approximate surface area is 114 Å². The molecule has 2 rings (SSSR count). The third-order valence-electron chi connectivity index (χ3n) is 3.76. The fourth-order valence-corrected chi connectivity index (χ4v) is 2.75. The van der Waals surface area contributed by atoms with E-state index in [0.717, 1.165) is 30.6 Å². The molecule has 1 aromatic rings. The highest BCUT2D eigenvalue weighted by Gasteiger charge is 2.31. The van der Waals surface area contributed by atoms with E-state index < -0.39 is 0 Å². The molecule has 1 aliphatic rings. The predicted octanol–water partition coefficient (Wildman–Crippen LogP) is 3.53. The lowest BCUT2D eigenvalue weighted by molar-refractivity contribution is -0.130. The van der Waals surface area contributed by atoms with E-state index in [1.54, 1.807) is 7.11 Å². The molecule has 0 bridgehead atoms. The van der Waals surface area contributed by atoms with E-state index in [0.29, 0.717) is 18.8 Å². The predicted molar refractivity (Wildman–Crippen MR) is 74.3 cm³/mol. The Morgan fingerprint density at radius 2 is 2.00 bits per heavy atom. The number of hydrogen-bond acceptors (Lipinski definition) is 3. The fourth-order valence-electron chi connectivity index (χ4n) is 2.75. The molecule has 0 aliphatic heterocycles. The minimum atomic E-state index is -0.108. The monoisotopic (exact) mass is 262 g/mol. The Morgan fingerprint density at radius 3 is 2.58 bits per heavy atom. The van der Waals surface area contributed by atoms with E-state index in [-0.39, 0.29) is 12.0 Å². The lowest BCUT2D eigenvalue weighted by Crippen LogP contribution is -2.27. The largest absolute Gasteiger partial charge is 0.497 e. The average molecular weight is 262 g/mol. The number of ketones is 1. The summed E-state index contributed by atoms with van der Waals surface area (Å²) in [5.74, 6) is 1.19. The van der Waals surface area contributed by atoms with Crippen LogP contribution in [0.4, 0.5) is 0 Å².